The topological polar surface area (TPSA) is 50.8 Å². The number of hydrogen-bond donors (Lipinski definition) is 1. The van der Waals surface area contributed by atoms with Crippen molar-refractivity contribution >= 4 is 5.91 Å². The Kier molecular flexibility index (Phi) is 6.63. The minimum atomic E-state index is 0.0895. The van der Waals surface area contributed by atoms with E-state index >= 15 is 0 Å². The summed E-state index contributed by atoms with van der Waals surface area (Å²) in [5.41, 5.74) is 1.33. The number of carbonyl (C=O) groups is 1. The third-order valence-corrected chi connectivity index (χ3v) is 7.03. The Morgan fingerprint density at radius 1 is 1.10 bits per heavy atom. The molecule has 1 aliphatic carbocycles. The molecule has 5 heteroatoms. The molecule has 160 valence electrons. The lowest BCUT2D eigenvalue weighted by atomic mass is 9.83. The van der Waals surface area contributed by atoms with Gasteiger partial charge in [0, 0.05) is 17.5 Å². The van der Waals surface area contributed by atoms with Crippen molar-refractivity contribution in [1.29, 1.82) is 0 Å². The van der Waals surface area contributed by atoms with E-state index in [-0.39, 0.29) is 11.8 Å². The molecule has 29 heavy (non-hydrogen) atoms. The van der Waals surface area contributed by atoms with Gasteiger partial charge in [-0.1, -0.05) is 26.0 Å². The van der Waals surface area contributed by atoms with E-state index in [0.29, 0.717) is 18.8 Å². The van der Waals surface area contributed by atoms with Crippen molar-refractivity contribution in [2.75, 3.05) is 26.4 Å². The molecule has 0 unspecified atom stereocenters. The van der Waals surface area contributed by atoms with Crippen molar-refractivity contribution in [1.82, 2.24) is 10.2 Å². The number of nitrogens with one attached hydrogen (secondary N) is 1. The number of nitrogens with zero attached hydrogens (tertiary/aromatic N) is 1. The Balaban J connectivity index is 1.17. The summed E-state index contributed by atoms with van der Waals surface area (Å²) in [5.74, 6) is 3.59. The highest BCUT2D eigenvalue weighted by Gasteiger charge is 2.28. The second-order valence-electron chi connectivity index (χ2n) is 9.37. The van der Waals surface area contributed by atoms with Gasteiger partial charge >= 0.3 is 0 Å². The molecule has 0 aromatic heterocycles. The van der Waals surface area contributed by atoms with E-state index in [2.05, 4.69) is 22.3 Å². The van der Waals surface area contributed by atoms with Gasteiger partial charge in [-0.2, -0.15) is 0 Å². The fourth-order valence-electron chi connectivity index (χ4n) is 5.07. The van der Waals surface area contributed by atoms with Crippen molar-refractivity contribution in [3.63, 3.8) is 0 Å². The molecule has 1 saturated heterocycles. The third kappa shape index (κ3) is 5.06. The van der Waals surface area contributed by atoms with E-state index in [1.54, 1.807) is 0 Å². The minimum Gasteiger partial charge on any atom is -0.454 e. The molecule has 0 radical (unpaired) electrons. The van der Waals surface area contributed by atoms with Crippen LogP contribution in [0, 0.1) is 11.8 Å². The van der Waals surface area contributed by atoms with Crippen LogP contribution in [0.5, 0.6) is 11.5 Å². The molecular weight excluding hydrogens is 364 g/mol. The lowest BCUT2D eigenvalue weighted by Crippen LogP contribution is -2.40. The van der Waals surface area contributed by atoms with Crippen LogP contribution >= 0.6 is 0 Å². The Bertz CT molecular complexity index is 689. The predicted molar refractivity (Wildman–Crippen MR) is 114 cm³/mol. The Hall–Kier alpha value is -1.75. The summed E-state index contributed by atoms with van der Waals surface area (Å²) in [6.45, 7) is 7.86. The Morgan fingerprint density at radius 3 is 2.59 bits per heavy atom. The molecule has 2 heterocycles. The fourth-order valence-corrected chi connectivity index (χ4v) is 5.07. The number of benzene rings is 1. The number of piperidine rings is 1. The summed E-state index contributed by atoms with van der Waals surface area (Å²) >= 11 is 0. The fraction of sp³-hybridized carbons (Fsp3) is 0.708. The van der Waals surface area contributed by atoms with E-state index in [0.717, 1.165) is 30.3 Å². The maximum atomic E-state index is 11.9. The van der Waals surface area contributed by atoms with Gasteiger partial charge in [0.15, 0.2) is 11.5 Å². The standard InChI is InChI=1S/C24H36N2O3/c1-17(2)24(27)25-20-8-6-18(7-9-20)10-13-26-14-11-19(12-15-26)21-4-3-5-22-23(21)29-16-28-22/h3-5,17-20H,6-16H2,1-2H3,(H,25,27). The zero-order valence-corrected chi connectivity index (χ0v) is 18.0. The smallest absolute Gasteiger partial charge is 0.231 e. The summed E-state index contributed by atoms with van der Waals surface area (Å²) in [5, 5.41) is 3.21. The van der Waals surface area contributed by atoms with Crippen LogP contribution in [0.3, 0.4) is 0 Å². The van der Waals surface area contributed by atoms with E-state index in [4.69, 9.17) is 9.47 Å². The summed E-state index contributed by atoms with van der Waals surface area (Å²) in [7, 11) is 0. The van der Waals surface area contributed by atoms with Gasteiger partial charge in [0.1, 0.15) is 0 Å². The van der Waals surface area contributed by atoms with Gasteiger partial charge in [-0.25, -0.2) is 0 Å². The largest absolute Gasteiger partial charge is 0.454 e. The first-order valence-corrected chi connectivity index (χ1v) is 11.5. The first-order chi connectivity index (χ1) is 14.1. The molecule has 1 aromatic carbocycles. The number of ether oxygens (including phenoxy) is 2. The first kappa shape index (κ1) is 20.5. The number of likely N-dealkylation sites (tertiary alicyclic amines) is 1. The Labute approximate surface area is 175 Å². The molecule has 0 atom stereocenters. The third-order valence-electron chi connectivity index (χ3n) is 7.03. The van der Waals surface area contributed by atoms with Gasteiger partial charge in [-0.05, 0) is 82.5 Å². The number of carbonyl (C=O) groups excluding carboxylic acids is 1. The highest BCUT2D eigenvalue weighted by molar-refractivity contribution is 5.78. The summed E-state index contributed by atoms with van der Waals surface area (Å²) in [6, 6.07) is 6.71. The van der Waals surface area contributed by atoms with Gasteiger partial charge in [0.25, 0.3) is 0 Å². The maximum Gasteiger partial charge on any atom is 0.231 e. The van der Waals surface area contributed by atoms with Gasteiger partial charge in [-0.3, -0.25) is 4.79 Å². The van der Waals surface area contributed by atoms with Gasteiger partial charge in [-0.15, -0.1) is 0 Å². The maximum absolute atomic E-state index is 11.9. The molecule has 2 aliphatic heterocycles. The number of rotatable bonds is 6. The molecule has 0 bridgehead atoms. The molecule has 1 aromatic rings. The van der Waals surface area contributed by atoms with Crippen molar-refractivity contribution in [3.8, 4) is 11.5 Å². The van der Waals surface area contributed by atoms with Gasteiger partial charge < -0.3 is 19.7 Å². The molecule has 1 N–H and O–H groups in total. The van der Waals surface area contributed by atoms with E-state index in [9.17, 15) is 4.79 Å². The van der Waals surface area contributed by atoms with Crippen LogP contribution < -0.4 is 14.8 Å². The average molecular weight is 401 g/mol. The monoisotopic (exact) mass is 400 g/mol. The van der Waals surface area contributed by atoms with E-state index in [1.807, 2.05) is 19.9 Å². The normalized spacial score (nSPS) is 25.3. The Morgan fingerprint density at radius 2 is 1.86 bits per heavy atom. The molecule has 0 spiro atoms. The van der Waals surface area contributed by atoms with Crippen LogP contribution in [0.4, 0.5) is 0 Å². The van der Waals surface area contributed by atoms with Crippen molar-refractivity contribution in [2.45, 2.75) is 70.8 Å². The quantitative estimate of drug-likeness (QED) is 0.773. The molecule has 5 nitrogen and oxygen atoms in total. The number of amides is 1. The molecule has 2 fully saturated rings. The SMILES string of the molecule is CC(C)C(=O)NC1CCC(CCN2CCC(c3cccc4c3OCO4)CC2)CC1. The lowest BCUT2D eigenvalue weighted by Gasteiger charge is -2.35. The molecular formula is C24H36N2O3. The van der Waals surface area contributed by atoms with E-state index < -0.39 is 0 Å². The summed E-state index contributed by atoms with van der Waals surface area (Å²) in [4.78, 5) is 14.5. The highest BCUT2D eigenvalue weighted by atomic mass is 16.7. The number of para-hydroxylation sites is 1. The van der Waals surface area contributed by atoms with Crippen LogP contribution in [-0.2, 0) is 4.79 Å². The second-order valence-corrected chi connectivity index (χ2v) is 9.37. The minimum absolute atomic E-state index is 0.0895. The van der Waals surface area contributed by atoms with Crippen molar-refractivity contribution < 1.29 is 14.3 Å². The molecule has 3 aliphatic rings. The molecule has 1 saturated carbocycles. The highest BCUT2D eigenvalue weighted by Crippen LogP contribution is 2.42. The molecule has 4 rings (SSSR count). The number of hydrogen-bond acceptors (Lipinski definition) is 4. The molecule has 1 amide bonds. The van der Waals surface area contributed by atoms with Crippen LogP contribution in [0.15, 0.2) is 18.2 Å². The van der Waals surface area contributed by atoms with E-state index in [1.165, 1.54) is 57.3 Å². The number of fused-ring (bicyclic) bond motifs is 1. The average Bonchev–Trinajstić information content (AvgIpc) is 3.22. The lowest BCUT2D eigenvalue weighted by molar-refractivity contribution is -0.125. The van der Waals surface area contributed by atoms with Crippen molar-refractivity contribution in [3.05, 3.63) is 23.8 Å². The zero-order chi connectivity index (χ0) is 20.2. The van der Waals surface area contributed by atoms with Gasteiger partial charge in [0.2, 0.25) is 12.7 Å². The second kappa shape index (κ2) is 9.38. The summed E-state index contributed by atoms with van der Waals surface area (Å²) in [6.07, 6.45) is 8.51. The zero-order valence-electron chi connectivity index (χ0n) is 18.0. The van der Waals surface area contributed by atoms with Gasteiger partial charge in [0.05, 0.1) is 0 Å². The first-order valence-electron chi connectivity index (χ1n) is 11.5. The van der Waals surface area contributed by atoms with Crippen LogP contribution in [0.25, 0.3) is 0 Å². The van der Waals surface area contributed by atoms with Crippen molar-refractivity contribution in [2.24, 2.45) is 11.8 Å². The van der Waals surface area contributed by atoms with Crippen LogP contribution in [0.1, 0.15) is 70.3 Å². The summed E-state index contributed by atoms with van der Waals surface area (Å²) < 4.78 is 11.3. The van der Waals surface area contributed by atoms with Crippen LogP contribution in [-0.4, -0.2) is 43.3 Å². The van der Waals surface area contributed by atoms with Crippen LogP contribution in [0.2, 0.25) is 0 Å². The predicted octanol–water partition coefficient (Wildman–Crippen LogP) is 4.32.